The molecule has 2 rings (SSSR count). The van der Waals surface area contributed by atoms with E-state index in [1.165, 1.54) is 12.3 Å². The van der Waals surface area contributed by atoms with E-state index in [-0.39, 0.29) is 5.82 Å². The van der Waals surface area contributed by atoms with Gasteiger partial charge >= 0.3 is 0 Å². The SMILES string of the molecule is Cc1cc(C(O)c2ccoc2Br)ccc1F. The first-order valence-corrected chi connectivity index (χ1v) is 5.56. The molecule has 16 heavy (non-hydrogen) atoms. The minimum absolute atomic E-state index is 0.276. The van der Waals surface area contributed by atoms with Crippen molar-refractivity contribution in [2.45, 2.75) is 13.0 Å². The topological polar surface area (TPSA) is 33.4 Å². The van der Waals surface area contributed by atoms with Crippen molar-refractivity contribution in [3.63, 3.8) is 0 Å². The van der Waals surface area contributed by atoms with Gasteiger partial charge in [-0.2, -0.15) is 0 Å². The Bertz CT molecular complexity index is 507. The molecule has 0 saturated carbocycles. The van der Waals surface area contributed by atoms with E-state index in [9.17, 15) is 9.50 Å². The van der Waals surface area contributed by atoms with Crippen LogP contribution in [0.25, 0.3) is 0 Å². The van der Waals surface area contributed by atoms with Crippen molar-refractivity contribution >= 4 is 15.9 Å². The molecule has 0 fully saturated rings. The molecule has 0 amide bonds. The average molecular weight is 285 g/mol. The van der Waals surface area contributed by atoms with E-state index in [1.807, 2.05) is 0 Å². The molecule has 0 aliphatic rings. The number of aliphatic hydroxyl groups excluding tert-OH is 1. The number of hydrogen-bond donors (Lipinski definition) is 1. The quantitative estimate of drug-likeness (QED) is 0.915. The van der Waals surface area contributed by atoms with Crippen LogP contribution in [0.15, 0.2) is 39.6 Å². The minimum Gasteiger partial charge on any atom is -0.457 e. The zero-order valence-corrected chi connectivity index (χ0v) is 10.2. The summed E-state index contributed by atoms with van der Waals surface area (Å²) in [6, 6.07) is 6.21. The van der Waals surface area contributed by atoms with Crippen LogP contribution >= 0.6 is 15.9 Å². The first-order chi connectivity index (χ1) is 7.59. The van der Waals surface area contributed by atoms with Crippen LogP contribution in [0.4, 0.5) is 4.39 Å². The maximum atomic E-state index is 13.1. The molecule has 1 heterocycles. The smallest absolute Gasteiger partial charge is 0.175 e. The maximum Gasteiger partial charge on any atom is 0.175 e. The molecule has 0 aliphatic carbocycles. The molecule has 0 aliphatic heterocycles. The van der Waals surface area contributed by atoms with Gasteiger partial charge in [0, 0.05) is 5.56 Å². The summed E-state index contributed by atoms with van der Waals surface area (Å²) in [6.07, 6.45) is 0.673. The Morgan fingerprint density at radius 3 is 2.69 bits per heavy atom. The molecule has 84 valence electrons. The fourth-order valence-corrected chi connectivity index (χ4v) is 1.97. The van der Waals surface area contributed by atoms with E-state index < -0.39 is 6.10 Å². The Morgan fingerprint density at radius 2 is 2.12 bits per heavy atom. The molecule has 2 nitrogen and oxygen atoms in total. The lowest BCUT2D eigenvalue weighted by Gasteiger charge is -2.10. The van der Waals surface area contributed by atoms with Crippen LogP contribution in [0.3, 0.4) is 0 Å². The highest BCUT2D eigenvalue weighted by atomic mass is 79.9. The van der Waals surface area contributed by atoms with Gasteiger partial charge in [-0.25, -0.2) is 4.39 Å². The Balaban J connectivity index is 2.38. The Morgan fingerprint density at radius 1 is 1.38 bits per heavy atom. The highest BCUT2D eigenvalue weighted by molar-refractivity contribution is 9.10. The number of furan rings is 1. The summed E-state index contributed by atoms with van der Waals surface area (Å²) in [7, 11) is 0. The number of halogens is 2. The van der Waals surface area contributed by atoms with Gasteiger partial charge in [-0.3, -0.25) is 0 Å². The van der Waals surface area contributed by atoms with Crippen LogP contribution in [0.5, 0.6) is 0 Å². The van der Waals surface area contributed by atoms with E-state index >= 15 is 0 Å². The maximum absolute atomic E-state index is 13.1. The van der Waals surface area contributed by atoms with E-state index in [4.69, 9.17) is 4.42 Å². The Hall–Kier alpha value is -1.13. The van der Waals surface area contributed by atoms with Crippen LogP contribution in [0, 0.1) is 12.7 Å². The van der Waals surface area contributed by atoms with E-state index in [2.05, 4.69) is 15.9 Å². The zero-order chi connectivity index (χ0) is 11.7. The lowest BCUT2D eigenvalue weighted by molar-refractivity contribution is 0.217. The van der Waals surface area contributed by atoms with Crippen LogP contribution < -0.4 is 0 Å². The zero-order valence-electron chi connectivity index (χ0n) is 8.58. The molecule has 0 saturated heterocycles. The molecule has 4 heteroatoms. The number of aliphatic hydroxyl groups is 1. The Kier molecular flexibility index (Phi) is 3.12. The van der Waals surface area contributed by atoms with Gasteiger partial charge in [0.1, 0.15) is 11.9 Å². The predicted molar refractivity (Wildman–Crippen MR) is 61.6 cm³/mol. The summed E-state index contributed by atoms with van der Waals surface area (Å²) in [4.78, 5) is 0. The summed E-state index contributed by atoms with van der Waals surface area (Å²) in [5, 5.41) is 10.1. The lowest BCUT2D eigenvalue weighted by Crippen LogP contribution is -2.00. The largest absolute Gasteiger partial charge is 0.457 e. The number of hydrogen-bond acceptors (Lipinski definition) is 2. The van der Waals surface area contributed by atoms with Crippen LogP contribution in [0.1, 0.15) is 22.8 Å². The van der Waals surface area contributed by atoms with Crippen molar-refractivity contribution in [2.24, 2.45) is 0 Å². The van der Waals surface area contributed by atoms with Crippen molar-refractivity contribution in [2.75, 3.05) is 0 Å². The number of rotatable bonds is 2. The summed E-state index contributed by atoms with van der Waals surface area (Å²) in [5.41, 5.74) is 1.78. The molecule has 0 radical (unpaired) electrons. The summed E-state index contributed by atoms with van der Waals surface area (Å²) < 4.78 is 18.6. The normalized spacial score (nSPS) is 12.8. The predicted octanol–water partition coefficient (Wildman–Crippen LogP) is 3.57. The van der Waals surface area contributed by atoms with Gasteiger partial charge < -0.3 is 9.52 Å². The summed E-state index contributed by atoms with van der Waals surface area (Å²) in [6.45, 7) is 1.66. The first kappa shape index (κ1) is 11.4. The third-order valence-electron chi connectivity index (χ3n) is 2.44. The second-order valence-corrected chi connectivity index (χ2v) is 4.28. The van der Waals surface area contributed by atoms with Crippen LogP contribution in [0.2, 0.25) is 0 Å². The lowest BCUT2D eigenvalue weighted by atomic mass is 10.0. The van der Waals surface area contributed by atoms with Gasteiger partial charge in [0.05, 0.1) is 6.26 Å². The third-order valence-corrected chi connectivity index (χ3v) is 3.08. The molecule has 1 atom stereocenters. The number of benzene rings is 1. The standard InChI is InChI=1S/C12H10BrFO2/c1-7-6-8(2-3-10(7)14)11(15)9-4-5-16-12(9)13/h2-6,11,15H,1H3. The number of aryl methyl sites for hydroxylation is 1. The molecule has 1 aromatic heterocycles. The molecule has 1 aromatic carbocycles. The minimum atomic E-state index is -0.813. The van der Waals surface area contributed by atoms with Crippen molar-refractivity contribution in [1.29, 1.82) is 0 Å². The Labute approximate surface area is 101 Å². The molecule has 1 unspecified atom stereocenters. The molecule has 2 aromatic rings. The van der Waals surface area contributed by atoms with E-state index in [0.717, 1.165) is 0 Å². The molecule has 1 N–H and O–H groups in total. The highest BCUT2D eigenvalue weighted by Gasteiger charge is 2.16. The second-order valence-electron chi connectivity index (χ2n) is 3.56. The second kappa shape index (κ2) is 4.39. The third kappa shape index (κ3) is 2.03. The molecular weight excluding hydrogens is 275 g/mol. The van der Waals surface area contributed by atoms with Gasteiger partial charge in [-0.15, -0.1) is 0 Å². The molecule has 0 bridgehead atoms. The van der Waals surface area contributed by atoms with E-state index in [0.29, 0.717) is 21.4 Å². The van der Waals surface area contributed by atoms with Gasteiger partial charge in [0.25, 0.3) is 0 Å². The van der Waals surface area contributed by atoms with Gasteiger partial charge in [-0.1, -0.05) is 12.1 Å². The molecule has 0 spiro atoms. The van der Waals surface area contributed by atoms with E-state index in [1.54, 1.807) is 25.1 Å². The summed E-state index contributed by atoms with van der Waals surface area (Å²) in [5.74, 6) is -0.276. The van der Waals surface area contributed by atoms with Gasteiger partial charge in [-0.05, 0) is 46.1 Å². The van der Waals surface area contributed by atoms with Crippen molar-refractivity contribution in [1.82, 2.24) is 0 Å². The first-order valence-electron chi connectivity index (χ1n) is 4.76. The fraction of sp³-hybridized carbons (Fsp3) is 0.167. The summed E-state index contributed by atoms with van der Waals surface area (Å²) >= 11 is 3.20. The fourth-order valence-electron chi connectivity index (χ4n) is 1.52. The van der Waals surface area contributed by atoms with Gasteiger partial charge in [0.2, 0.25) is 0 Å². The van der Waals surface area contributed by atoms with Crippen molar-refractivity contribution in [3.05, 3.63) is 57.7 Å². The molecular formula is C12H10BrFO2. The van der Waals surface area contributed by atoms with Crippen LogP contribution in [-0.4, -0.2) is 5.11 Å². The van der Waals surface area contributed by atoms with Gasteiger partial charge in [0.15, 0.2) is 4.67 Å². The van der Waals surface area contributed by atoms with Crippen molar-refractivity contribution in [3.8, 4) is 0 Å². The monoisotopic (exact) mass is 284 g/mol. The highest BCUT2D eigenvalue weighted by Crippen LogP contribution is 2.29. The average Bonchev–Trinajstić information content (AvgIpc) is 2.67. The van der Waals surface area contributed by atoms with Crippen molar-refractivity contribution < 1.29 is 13.9 Å². The van der Waals surface area contributed by atoms with Crippen LogP contribution in [-0.2, 0) is 0 Å².